The van der Waals surface area contributed by atoms with Gasteiger partial charge in [-0.05, 0) is 114 Å². The van der Waals surface area contributed by atoms with E-state index in [4.69, 9.17) is 0 Å². The van der Waals surface area contributed by atoms with Crippen LogP contribution in [0.15, 0.2) is 176 Å². The molecule has 0 N–H and O–H groups in total. The lowest BCUT2D eigenvalue weighted by atomic mass is 9.89. The first-order chi connectivity index (χ1) is 24.2. The number of hydrogen-bond donors (Lipinski definition) is 0. The Balaban J connectivity index is 1.09. The second-order valence-electron chi connectivity index (χ2n) is 13.0. The van der Waals surface area contributed by atoms with Crippen LogP contribution in [0.2, 0.25) is 0 Å². The van der Waals surface area contributed by atoms with E-state index >= 15 is 0 Å². The maximum Gasteiger partial charge on any atom is 0.0488 e. The highest BCUT2D eigenvalue weighted by atomic mass is 15.1. The van der Waals surface area contributed by atoms with Crippen LogP contribution in [0.5, 0.6) is 0 Å². The Kier molecular flexibility index (Phi) is 6.13. The molecular formula is C47H32N2. The summed E-state index contributed by atoms with van der Waals surface area (Å²) in [7, 11) is 2.18. The van der Waals surface area contributed by atoms with Gasteiger partial charge in [0.2, 0.25) is 0 Å². The van der Waals surface area contributed by atoms with E-state index in [9.17, 15) is 0 Å². The molecule has 230 valence electrons. The maximum atomic E-state index is 2.36. The zero-order valence-electron chi connectivity index (χ0n) is 27.1. The van der Waals surface area contributed by atoms with Crippen molar-refractivity contribution in [3.8, 4) is 0 Å². The predicted molar refractivity (Wildman–Crippen MR) is 212 cm³/mol. The van der Waals surface area contributed by atoms with E-state index < -0.39 is 0 Å². The van der Waals surface area contributed by atoms with Gasteiger partial charge >= 0.3 is 0 Å². The highest BCUT2D eigenvalue weighted by Crippen LogP contribution is 2.44. The fourth-order valence-corrected chi connectivity index (χ4v) is 7.97. The highest BCUT2D eigenvalue weighted by Gasteiger charge is 2.18. The molecule has 10 aromatic carbocycles. The average molecular weight is 625 g/mol. The lowest BCUT2D eigenvalue weighted by Crippen LogP contribution is -2.12. The van der Waals surface area contributed by atoms with Crippen molar-refractivity contribution in [1.82, 2.24) is 0 Å². The van der Waals surface area contributed by atoms with Crippen molar-refractivity contribution in [1.29, 1.82) is 0 Å². The van der Waals surface area contributed by atoms with Crippen molar-refractivity contribution in [2.24, 2.45) is 0 Å². The van der Waals surface area contributed by atoms with Gasteiger partial charge in [-0.2, -0.15) is 0 Å². The quantitative estimate of drug-likeness (QED) is 0.139. The minimum atomic E-state index is 1.12. The molecule has 0 saturated heterocycles. The molecular weight excluding hydrogens is 593 g/mol. The monoisotopic (exact) mass is 624 g/mol. The molecule has 0 spiro atoms. The SMILES string of the molecule is CN(c1ccc(N(c2ccc3ccccc3c2)c2ccc3ccccc3c2)cc1)c1ccc2c3cccc4cccc(c5cccc1c52)c43. The van der Waals surface area contributed by atoms with Crippen LogP contribution in [0.1, 0.15) is 0 Å². The number of nitrogens with zero attached hydrogens (tertiary/aromatic N) is 2. The number of benzene rings is 10. The van der Waals surface area contributed by atoms with Crippen molar-refractivity contribution in [2.75, 3.05) is 16.8 Å². The summed E-state index contributed by atoms with van der Waals surface area (Å²) in [4.78, 5) is 4.69. The van der Waals surface area contributed by atoms with Crippen LogP contribution in [0, 0.1) is 0 Å². The minimum Gasteiger partial charge on any atom is -0.344 e. The summed E-state index contributed by atoms with van der Waals surface area (Å²) in [5, 5.41) is 15.4. The molecule has 2 heteroatoms. The fourth-order valence-electron chi connectivity index (χ4n) is 7.97. The molecule has 2 nitrogen and oxygen atoms in total. The molecule has 0 saturated carbocycles. The van der Waals surface area contributed by atoms with Crippen LogP contribution >= 0.6 is 0 Å². The summed E-state index contributed by atoms with van der Waals surface area (Å²) in [5.41, 5.74) is 5.72. The van der Waals surface area contributed by atoms with Crippen LogP contribution in [0.4, 0.5) is 28.4 Å². The van der Waals surface area contributed by atoms with E-state index in [0.29, 0.717) is 0 Å². The molecule has 10 rings (SSSR count). The first-order valence-corrected chi connectivity index (χ1v) is 16.9. The third-order valence-electron chi connectivity index (χ3n) is 10.3. The predicted octanol–water partition coefficient (Wildman–Crippen LogP) is 13.3. The van der Waals surface area contributed by atoms with Crippen LogP contribution in [-0.4, -0.2) is 7.05 Å². The van der Waals surface area contributed by atoms with Gasteiger partial charge in [0.1, 0.15) is 0 Å². The van der Waals surface area contributed by atoms with Crippen LogP contribution in [0.3, 0.4) is 0 Å². The number of anilines is 5. The summed E-state index contributed by atoms with van der Waals surface area (Å²) < 4.78 is 0. The first-order valence-electron chi connectivity index (χ1n) is 16.9. The maximum absolute atomic E-state index is 2.36. The normalized spacial score (nSPS) is 11.8. The van der Waals surface area contributed by atoms with E-state index in [1.807, 2.05) is 0 Å². The number of hydrogen-bond acceptors (Lipinski definition) is 2. The minimum absolute atomic E-state index is 1.12. The molecule has 10 aromatic rings. The van der Waals surface area contributed by atoms with Gasteiger partial charge in [0, 0.05) is 40.9 Å². The van der Waals surface area contributed by atoms with E-state index in [-0.39, 0.29) is 0 Å². The topological polar surface area (TPSA) is 6.48 Å². The second kappa shape index (κ2) is 10.8. The molecule has 0 aromatic heterocycles. The Labute approximate surface area is 285 Å². The van der Waals surface area contributed by atoms with Gasteiger partial charge in [0.25, 0.3) is 0 Å². The van der Waals surface area contributed by atoms with Gasteiger partial charge in [0.05, 0.1) is 0 Å². The second-order valence-corrected chi connectivity index (χ2v) is 13.0. The summed E-state index contributed by atoms with van der Waals surface area (Å²) in [6, 6.07) is 64.3. The summed E-state index contributed by atoms with van der Waals surface area (Å²) in [6.07, 6.45) is 0. The number of rotatable bonds is 5. The summed E-state index contributed by atoms with van der Waals surface area (Å²) >= 11 is 0. The lowest BCUT2D eigenvalue weighted by Gasteiger charge is -2.28. The van der Waals surface area contributed by atoms with E-state index in [1.165, 1.54) is 70.3 Å². The van der Waals surface area contributed by atoms with Crippen LogP contribution in [-0.2, 0) is 0 Å². The lowest BCUT2D eigenvalue weighted by molar-refractivity contribution is 1.21. The molecule has 0 aliphatic rings. The molecule has 0 aliphatic carbocycles. The summed E-state index contributed by atoms with van der Waals surface area (Å²) in [6.45, 7) is 0. The zero-order chi connectivity index (χ0) is 32.5. The molecule has 0 fully saturated rings. The van der Waals surface area contributed by atoms with Gasteiger partial charge in [-0.1, -0.05) is 121 Å². The van der Waals surface area contributed by atoms with Gasteiger partial charge in [-0.3, -0.25) is 0 Å². The third-order valence-corrected chi connectivity index (χ3v) is 10.3. The Bertz CT molecular complexity index is 2720. The third kappa shape index (κ3) is 4.35. The van der Waals surface area contributed by atoms with E-state index in [1.54, 1.807) is 0 Å². The van der Waals surface area contributed by atoms with E-state index in [2.05, 4.69) is 193 Å². The molecule has 0 aliphatic heterocycles. The average Bonchev–Trinajstić information content (AvgIpc) is 3.16. The van der Waals surface area contributed by atoms with Gasteiger partial charge in [0.15, 0.2) is 0 Å². The van der Waals surface area contributed by atoms with Gasteiger partial charge < -0.3 is 9.80 Å². The van der Waals surface area contributed by atoms with Crippen molar-refractivity contribution < 1.29 is 0 Å². The van der Waals surface area contributed by atoms with Crippen LogP contribution in [0.25, 0.3) is 64.6 Å². The first kappa shape index (κ1) is 27.7. The van der Waals surface area contributed by atoms with Crippen molar-refractivity contribution >= 4 is 93.1 Å². The largest absolute Gasteiger partial charge is 0.344 e. The Morgan fingerprint density at radius 3 is 1.37 bits per heavy atom. The standard InChI is InChI=1S/C47H32N2/c1-48(45-28-27-43-41-16-7-14-33-13-6-15-40(46(33)41)42-17-8-18-44(45)47(42)43)36-23-25-37(26-24-36)49(38-21-19-31-9-2-4-11-34(31)29-38)39-22-20-32-10-3-5-12-35(32)30-39/h2-30H,1H3. The van der Waals surface area contributed by atoms with Gasteiger partial charge in [-0.15, -0.1) is 0 Å². The summed E-state index contributed by atoms with van der Waals surface area (Å²) in [5.74, 6) is 0. The van der Waals surface area contributed by atoms with Gasteiger partial charge in [-0.25, -0.2) is 0 Å². The molecule has 0 radical (unpaired) electrons. The van der Waals surface area contributed by atoms with E-state index in [0.717, 1.165) is 22.7 Å². The highest BCUT2D eigenvalue weighted by molar-refractivity contribution is 6.34. The molecule has 0 atom stereocenters. The molecule has 0 amide bonds. The molecule has 49 heavy (non-hydrogen) atoms. The van der Waals surface area contributed by atoms with Crippen molar-refractivity contribution in [3.63, 3.8) is 0 Å². The Morgan fingerprint density at radius 2 is 0.755 bits per heavy atom. The van der Waals surface area contributed by atoms with Crippen molar-refractivity contribution in [2.45, 2.75) is 0 Å². The zero-order valence-corrected chi connectivity index (χ0v) is 27.1. The van der Waals surface area contributed by atoms with Crippen LogP contribution < -0.4 is 9.80 Å². The molecule has 0 bridgehead atoms. The Hall–Kier alpha value is -6.38. The Morgan fingerprint density at radius 1 is 0.306 bits per heavy atom. The fraction of sp³-hybridized carbons (Fsp3) is 0.0213. The smallest absolute Gasteiger partial charge is 0.0488 e. The molecule has 0 unspecified atom stereocenters. The number of fused-ring (bicyclic) bond motifs is 4. The van der Waals surface area contributed by atoms with Crippen molar-refractivity contribution in [3.05, 3.63) is 176 Å². The molecule has 0 heterocycles.